The maximum Gasteiger partial charge on any atom is 0.334 e. The topological polar surface area (TPSA) is 102 Å². The van der Waals surface area contributed by atoms with Crippen LogP contribution in [0, 0.1) is 0 Å². The zero-order chi connectivity index (χ0) is 33.4. The fourth-order valence-corrected chi connectivity index (χ4v) is 7.07. The van der Waals surface area contributed by atoms with Gasteiger partial charge in [0.05, 0.1) is 24.4 Å². The number of hydrogen-bond acceptors (Lipinski definition) is 7. The Labute approximate surface area is 281 Å². The summed E-state index contributed by atoms with van der Waals surface area (Å²) in [7, 11) is 0. The van der Waals surface area contributed by atoms with E-state index in [4.69, 9.17) is 14.2 Å². The third-order valence-corrected chi connectivity index (χ3v) is 9.83. The highest BCUT2D eigenvalue weighted by Gasteiger charge is 2.37. The molecule has 2 rings (SSSR count). The Morgan fingerprint density at radius 3 is 1.80 bits per heavy atom. The number of ether oxygens (including phenoxy) is 3. The number of cyclic esters (lactones) is 1. The Balaban J connectivity index is 1.47. The van der Waals surface area contributed by atoms with Gasteiger partial charge in [-0.3, -0.25) is 4.79 Å². The van der Waals surface area contributed by atoms with E-state index in [0.29, 0.717) is 12.8 Å². The first kappa shape index (κ1) is 40.7. The minimum atomic E-state index is -0.516. The highest BCUT2D eigenvalue weighted by molar-refractivity contribution is 5.90. The molecule has 2 heterocycles. The van der Waals surface area contributed by atoms with Crippen molar-refractivity contribution in [2.45, 2.75) is 224 Å². The van der Waals surface area contributed by atoms with Gasteiger partial charge in [-0.15, -0.1) is 0 Å². The van der Waals surface area contributed by atoms with Crippen molar-refractivity contribution in [1.82, 2.24) is 0 Å². The maximum atomic E-state index is 11.8. The Kier molecular flexibility index (Phi) is 22.6. The molecular weight excluding hydrogens is 580 g/mol. The fourth-order valence-electron chi connectivity index (χ4n) is 7.07. The van der Waals surface area contributed by atoms with Gasteiger partial charge in [-0.25, -0.2) is 4.79 Å². The summed E-state index contributed by atoms with van der Waals surface area (Å²) in [6, 6.07) is 0. The lowest BCUT2D eigenvalue weighted by atomic mass is 9.98. The van der Waals surface area contributed by atoms with Crippen LogP contribution >= 0.6 is 0 Å². The monoisotopic (exact) mass is 651 g/mol. The number of aliphatic hydroxyl groups excluding tert-OH is 2. The SMILES string of the molecule is CCCCCCCCCCC[C@H](O)[C@H]1CC[C@H]([C@@H](C[C@H](O)CCCCCCCCCCCCCC2=C[C@H](C)OC2=O)OC(C)=O)O1. The first-order valence-electron chi connectivity index (χ1n) is 19.4. The number of aliphatic hydroxyl groups is 2. The first-order chi connectivity index (χ1) is 22.3. The quantitative estimate of drug-likeness (QED) is 0.0614. The Bertz CT molecular complexity index is 827. The molecule has 2 N–H and O–H groups in total. The predicted octanol–water partition coefficient (Wildman–Crippen LogP) is 9.44. The van der Waals surface area contributed by atoms with Crippen molar-refractivity contribution < 1.29 is 34.0 Å². The molecule has 0 aliphatic carbocycles. The number of unbranched alkanes of at least 4 members (excludes halogenated alkanes) is 18. The molecule has 268 valence electrons. The second-order valence-electron chi connectivity index (χ2n) is 14.2. The molecule has 0 amide bonds. The second kappa shape index (κ2) is 25.6. The van der Waals surface area contributed by atoms with Crippen LogP contribution in [0.25, 0.3) is 0 Å². The summed E-state index contributed by atoms with van der Waals surface area (Å²) in [6.45, 7) is 5.57. The Morgan fingerprint density at radius 1 is 0.783 bits per heavy atom. The second-order valence-corrected chi connectivity index (χ2v) is 14.2. The summed E-state index contributed by atoms with van der Waals surface area (Å²) in [4.78, 5) is 23.5. The molecule has 2 aliphatic rings. The molecule has 46 heavy (non-hydrogen) atoms. The molecule has 6 atom stereocenters. The molecule has 0 aromatic rings. The molecular formula is C39H70O7. The number of hydrogen-bond donors (Lipinski definition) is 2. The van der Waals surface area contributed by atoms with Crippen molar-refractivity contribution >= 4 is 11.9 Å². The van der Waals surface area contributed by atoms with Crippen LogP contribution in [0.1, 0.15) is 188 Å². The molecule has 0 spiro atoms. The van der Waals surface area contributed by atoms with Crippen LogP contribution in [0.15, 0.2) is 11.6 Å². The summed E-state index contributed by atoms with van der Waals surface area (Å²) in [6.07, 6.45) is 28.6. The van der Waals surface area contributed by atoms with Gasteiger partial charge < -0.3 is 24.4 Å². The van der Waals surface area contributed by atoms with Crippen molar-refractivity contribution in [3.05, 3.63) is 11.6 Å². The zero-order valence-electron chi connectivity index (χ0n) is 29.9. The zero-order valence-corrected chi connectivity index (χ0v) is 29.9. The Morgan fingerprint density at radius 2 is 1.28 bits per heavy atom. The molecule has 0 aromatic carbocycles. The van der Waals surface area contributed by atoms with Crippen LogP contribution in [-0.4, -0.2) is 58.8 Å². The van der Waals surface area contributed by atoms with Gasteiger partial charge >= 0.3 is 11.9 Å². The van der Waals surface area contributed by atoms with Crippen LogP contribution < -0.4 is 0 Å². The minimum Gasteiger partial charge on any atom is -0.460 e. The number of rotatable bonds is 29. The average molecular weight is 651 g/mol. The normalized spacial score (nSPS) is 21.6. The molecule has 7 heteroatoms. The van der Waals surface area contributed by atoms with Crippen LogP contribution in [0.5, 0.6) is 0 Å². The van der Waals surface area contributed by atoms with Gasteiger partial charge in [-0.2, -0.15) is 0 Å². The van der Waals surface area contributed by atoms with E-state index in [0.717, 1.165) is 63.4 Å². The lowest BCUT2D eigenvalue weighted by molar-refractivity contribution is -0.159. The molecule has 2 aliphatic heterocycles. The molecule has 1 saturated heterocycles. The standard InChI is InChI=1S/C39H70O7/c1-4-5-6-7-8-12-17-20-23-26-35(42)36-27-28-37(46-36)38(45-32(3)40)30-34(41)25-22-19-16-14-11-9-10-13-15-18-21-24-33-29-31(2)44-39(33)43/h29,31,34-38,41-42H,4-28,30H2,1-3H3/t31-,34+,35-,36+,37+,38+/m0/s1. The lowest BCUT2D eigenvalue weighted by Crippen LogP contribution is -2.36. The number of esters is 2. The van der Waals surface area contributed by atoms with E-state index in [1.165, 1.54) is 103 Å². The van der Waals surface area contributed by atoms with Crippen LogP contribution in [-0.2, 0) is 23.8 Å². The summed E-state index contributed by atoms with van der Waals surface area (Å²) in [5, 5.41) is 21.5. The molecule has 0 saturated carbocycles. The molecule has 0 radical (unpaired) electrons. The lowest BCUT2D eigenvalue weighted by Gasteiger charge is -2.27. The van der Waals surface area contributed by atoms with E-state index < -0.39 is 18.3 Å². The summed E-state index contributed by atoms with van der Waals surface area (Å²) in [5.41, 5.74) is 0.857. The van der Waals surface area contributed by atoms with Crippen molar-refractivity contribution in [1.29, 1.82) is 0 Å². The maximum absolute atomic E-state index is 11.8. The third-order valence-electron chi connectivity index (χ3n) is 9.83. The molecule has 0 unspecified atom stereocenters. The van der Waals surface area contributed by atoms with Crippen LogP contribution in [0.3, 0.4) is 0 Å². The van der Waals surface area contributed by atoms with Gasteiger partial charge in [0.2, 0.25) is 0 Å². The molecule has 1 fully saturated rings. The van der Waals surface area contributed by atoms with Gasteiger partial charge in [0, 0.05) is 18.9 Å². The number of carbonyl (C=O) groups excluding carboxylic acids is 2. The van der Waals surface area contributed by atoms with E-state index in [-0.39, 0.29) is 30.3 Å². The highest BCUT2D eigenvalue weighted by atomic mass is 16.6. The van der Waals surface area contributed by atoms with Gasteiger partial charge in [0.15, 0.2) is 0 Å². The van der Waals surface area contributed by atoms with Gasteiger partial charge in [-0.05, 0) is 51.5 Å². The van der Waals surface area contributed by atoms with Crippen LogP contribution in [0.4, 0.5) is 0 Å². The van der Waals surface area contributed by atoms with Gasteiger partial charge in [0.25, 0.3) is 0 Å². The Hall–Kier alpha value is -1.44. The van der Waals surface area contributed by atoms with Crippen molar-refractivity contribution in [2.24, 2.45) is 0 Å². The van der Waals surface area contributed by atoms with Gasteiger partial charge in [-0.1, -0.05) is 129 Å². The predicted molar refractivity (Wildman–Crippen MR) is 186 cm³/mol. The molecule has 0 aromatic heterocycles. The largest absolute Gasteiger partial charge is 0.460 e. The molecule has 0 bridgehead atoms. The smallest absolute Gasteiger partial charge is 0.334 e. The summed E-state index contributed by atoms with van der Waals surface area (Å²) in [5.74, 6) is -0.473. The van der Waals surface area contributed by atoms with Crippen LogP contribution in [0.2, 0.25) is 0 Å². The third kappa shape index (κ3) is 18.8. The van der Waals surface area contributed by atoms with E-state index >= 15 is 0 Å². The fraction of sp³-hybridized carbons (Fsp3) is 0.897. The van der Waals surface area contributed by atoms with E-state index in [2.05, 4.69) is 6.92 Å². The van der Waals surface area contributed by atoms with Crippen molar-refractivity contribution in [3.8, 4) is 0 Å². The number of carbonyl (C=O) groups is 2. The van der Waals surface area contributed by atoms with Crippen molar-refractivity contribution in [2.75, 3.05) is 0 Å². The summed E-state index contributed by atoms with van der Waals surface area (Å²) < 4.78 is 17.0. The van der Waals surface area contributed by atoms with E-state index in [9.17, 15) is 19.8 Å². The first-order valence-corrected chi connectivity index (χ1v) is 19.4. The summed E-state index contributed by atoms with van der Waals surface area (Å²) >= 11 is 0. The average Bonchev–Trinajstić information content (AvgIpc) is 3.64. The van der Waals surface area contributed by atoms with Crippen molar-refractivity contribution in [3.63, 3.8) is 0 Å². The van der Waals surface area contributed by atoms with E-state index in [1.807, 2.05) is 13.0 Å². The van der Waals surface area contributed by atoms with E-state index in [1.54, 1.807) is 0 Å². The van der Waals surface area contributed by atoms with Gasteiger partial charge in [0.1, 0.15) is 12.2 Å². The minimum absolute atomic E-state index is 0.0577. The molecule has 7 nitrogen and oxygen atoms in total. The highest BCUT2D eigenvalue weighted by Crippen LogP contribution is 2.30.